The Hall–Kier alpha value is -2.42. The Morgan fingerprint density at radius 1 is 1.10 bits per heavy atom. The van der Waals surface area contributed by atoms with Crippen molar-refractivity contribution in [2.24, 2.45) is 7.05 Å². The average molecular weight is 304 g/mol. The Bertz CT molecular complexity index is 1100. The van der Waals surface area contributed by atoms with Crippen molar-refractivity contribution in [2.45, 2.75) is 12.1 Å². The number of benzene rings is 1. The topological polar surface area (TPSA) is 86.6 Å². The largest absolute Gasteiger partial charge is 0.311 e. The maximum Gasteiger partial charge on any atom is 0.272 e. The van der Waals surface area contributed by atoms with Crippen molar-refractivity contribution in [3.8, 4) is 0 Å². The molecule has 0 N–H and O–H groups in total. The number of aryl methyl sites for hydroxylation is 1. The molecule has 0 amide bonds. The van der Waals surface area contributed by atoms with E-state index in [-0.39, 0.29) is 10.9 Å². The molecule has 3 heterocycles. The summed E-state index contributed by atoms with van der Waals surface area (Å²) in [5.74, 6) is 0.977. The van der Waals surface area contributed by atoms with Gasteiger partial charge in [0, 0.05) is 7.05 Å². The molecular weight excluding hydrogens is 292 g/mol. The van der Waals surface area contributed by atoms with Gasteiger partial charge < -0.3 is 4.57 Å². The van der Waals surface area contributed by atoms with Gasteiger partial charge in [-0.1, -0.05) is 19.1 Å². The lowest BCUT2D eigenvalue weighted by Crippen LogP contribution is -2.09. The van der Waals surface area contributed by atoms with Gasteiger partial charge in [0.1, 0.15) is 0 Å². The van der Waals surface area contributed by atoms with Crippen LogP contribution in [-0.4, -0.2) is 42.9 Å². The van der Waals surface area contributed by atoms with Gasteiger partial charge in [-0.25, -0.2) is 12.8 Å². The molecule has 108 valence electrons. The SMILES string of the molecule is CCS(=O)(=O)c1nnc2n1nc1n(C)c3ccccc3n12. The van der Waals surface area contributed by atoms with Crippen molar-refractivity contribution in [3.63, 3.8) is 0 Å². The van der Waals surface area contributed by atoms with Crippen molar-refractivity contribution in [2.75, 3.05) is 5.75 Å². The summed E-state index contributed by atoms with van der Waals surface area (Å²) in [6, 6.07) is 7.77. The van der Waals surface area contributed by atoms with E-state index >= 15 is 0 Å². The average Bonchev–Trinajstić information content (AvgIpc) is 3.11. The summed E-state index contributed by atoms with van der Waals surface area (Å²) in [7, 11) is -1.59. The fraction of sp³-hybridized carbons (Fsp3) is 0.250. The lowest BCUT2D eigenvalue weighted by molar-refractivity contribution is 0.582. The Balaban J connectivity index is 2.22. The molecule has 0 spiro atoms. The smallest absolute Gasteiger partial charge is 0.272 e. The fourth-order valence-electron chi connectivity index (χ4n) is 2.51. The van der Waals surface area contributed by atoms with Gasteiger partial charge in [-0.05, 0) is 12.1 Å². The highest BCUT2D eigenvalue weighted by atomic mass is 32.2. The molecule has 0 radical (unpaired) electrons. The van der Waals surface area contributed by atoms with Crippen molar-refractivity contribution in [1.82, 2.24) is 28.8 Å². The third-order valence-electron chi connectivity index (χ3n) is 3.63. The monoisotopic (exact) mass is 304 g/mol. The van der Waals surface area contributed by atoms with Gasteiger partial charge in [0.2, 0.25) is 15.6 Å². The van der Waals surface area contributed by atoms with E-state index in [4.69, 9.17) is 0 Å². The first kappa shape index (κ1) is 12.3. The van der Waals surface area contributed by atoms with Gasteiger partial charge >= 0.3 is 0 Å². The molecule has 0 saturated carbocycles. The summed E-state index contributed by atoms with van der Waals surface area (Å²) in [6.45, 7) is 1.57. The van der Waals surface area contributed by atoms with Crippen LogP contribution in [0.4, 0.5) is 0 Å². The minimum Gasteiger partial charge on any atom is -0.311 e. The van der Waals surface area contributed by atoms with E-state index < -0.39 is 9.84 Å². The number of sulfone groups is 1. The first-order valence-corrected chi connectivity index (χ1v) is 8.10. The van der Waals surface area contributed by atoms with Crippen LogP contribution in [-0.2, 0) is 16.9 Å². The van der Waals surface area contributed by atoms with Gasteiger partial charge in [0.25, 0.3) is 10.9 Å². The van der Waals surface area contributed by atoms with Crippen LogP contribution in [0.25, 0.3) is 22.6 Å². The van der Waals surface area contributed by atoms with Gasteiger partial charge in [0.05, 0.1) is 16.8 Å². The van der Waals surface area contributed by atoms with Crippen LogP contribution in [0.1, 0.15) is 6.92 Å². The molecule has 0 aliphatic heterocycles. The molecule has 0 fully saturated rings. The van der Waals surface area contributed by atoms with Crippen LogP contribution in [0.3, 0.4) is 0 Å². The molecule has 8 nitrogen and oxygen atoms in total. The number of hydrogen-bond acceptors (Lipinski definition) is 5. The molecule has 4 aromatic rings. The molecule has 9 heteroatoms. The van der Waals surface area contributed by atoms with Gasteiger partial charge in [-0.2, -0.15) is 4.52 Å². The lowest BCUT2D eigenvalue weighted by atomic mass is 10.3. The summed E-state index contributed by atoms with van der Waals surface area (Å²) in [5, 5.41) is 12.0. The number of fused-ring (bicyclic) bond motifs is 5. The zero-order valence-corrected chi connectivity index (χ0v) is 12.2. The van der Waals surface area contributed by atoms with Crippen LogP contribution in [0.2, 0.25) is 0 Å². The van der Waals surface area contributed by atoms with Crippen molar-refractivity contribution in [1.29, 1.82) is 0 Å². The number of nitrogens with zero attached hydrogens (tertiary/aromatic N) is 6. The van der Waals surface area contributed by atoms with Crippen molar-refractivity contribution in [3.05, 3.63) is 24.3 Å². The molecule has 0 bridgehead atoms. The lowest BCUT2D eigenvalue weighted by Gasteiger charge is -1.95. The normalized spacial score (nSPS) is 12.9. The van der Waals surface area contributed by atoms with E-state index in [1.54, 1.807) is 11.3 Å². The molecular formula is C12H12N6O2S. The third-order valence-corrected chi connectivity index (χ3v) is 5.20. The van der Waals surface area contributed by atoms with E-state index in [0.29, 0.717) is 11.6 Å². The van der Waals surface area contributed by atoms with Crippen LogP contribution >= 0.6 is 0 Å². The number of imidazole rings is 1. The summed E-state index contributed by atoms with van der Waals surface area (Å²) < 4.78 is 29.1. The minimum atomic E-state index is -3.47. The molecule has 0 unspecified atom stereocenters. The number of rotatable bonds is 2. The van der Waals surface area contributed by atoms with E-state index in [1.165, 1.54) is 4.52 Å². The Morgan fingerprint density at radius 2 is 1.81 bits per heavy atom. The third kappa shape index (κ3) is 1.43. The number of para-hydroxylation sites is 2. The fourth-order valence-corrected chi connectivity index (χ4v) is 3.32. The van der Waals surface area contributed by atoms with Gasteiger partial charge in [0.15, 0.2) is 0 Å². The molecule has 0 saturated heterocycles. The van der Waals surface area contributed by atoms with E-state index in [9.17, 15) is 8.42 Å². The highest BCUT2D eigenvalue weighted by molar-refractivity contribution is 7.91. The molecule has 21 heavy (non-hydrogen) atoms. The van der Waals surface area contributed by atoms with E-state index in [2.05, 4.69) is 15.3 Å². The van der Waals surface area contributed by atoms with Crippen LogP contribution < -0.4 is 0 Å². The second-order valence-corrected chi connectivity index (χ2v) is 6.95. The zero-order valence-electron chi connectivity index (χ0n) is 11.4. The maximum absolute atomic E-state index is 12.0. The van der Waals surface area contributed by atoms with Crippen molar-refractivity contribution >= 4 is 32.4 Å². The van der Waals surface area contributed by atoms with E-state index in [1.807, 2.05) is 35.9 Å². The number of hydrogen-bond donors (Lipinski definition) is 0. The highest BCUT2D eigenvalue weighted by Gasteiger charge is 2.24. The minimum absolute atomic E-state index is 0.0393. The standard InChI is InChI=1S/C12H12N6O2S/c1-3-21(19,20)12-14-13-10-17-9-7-5-4-6-8(9)16(2)11(17)15-18(10)12/h4-7H,3H2,1-2H3. The summed E-state index contributed by atoms with van der Waals surface area (Å²) in [4.78, 5) is 0. The molecule has 4 rings (SSSR count). The molecule has 0 aliphatic carbocycles. The first-order chi connectivity index (χ1) is 10.0. The molecule has 0 aliphatic rings. The summed E-state index contributed by atoms with van der Waals surface area (Å²) >= 11 is 0. The second kappa shape index (κ2) is 3.82. The molecule has 1 aromatic carbocycles. The Morgan fingerprint density at radius 3 is 2.52 bits per heavy atom. The van der Waals surface area contributed by atoms with Crippen LogP contribution in [0.5, 0.6) is 0 Å². The highest BCUT2D eigenvalue weighted by Crippen LogP contribution is 2.22. The molecule has 0 atom stereocenters. The van der Waals surface area contributed by atoms with Crippen LogP contribution in [0, 0.1) is 0 Å². The van der Waals surface area contributed by atoms with Gasteiger partial charge in [-0.15, -0.1) is 15.3 Å². The summed E-state index contributed by atoms with van der Waals surface area (Å²) in [5.41, 5.74) is 1.90. The maximum atomic E-state index is 12.0. The molecule has 3 aromatic heterocycles. The number of aromatic nitrogens is 6. The Labute approximate surface area is 119 Å². The summed E-state index contributed by atoms with van der Waals surface area (Å²) in [6.07, 6.45) is 0. The van der Waals surface area contributed by atoms with Crippen molar-refractivity contribution < 1.29 is 8.42 Å². The predicted molar refractivity (Wildman–Crippen MR) is 75.9 cm³/mol. The second-order valence-electron chi connectivity index (χ2n) is 4.78. The Kier molecular flexibility index (Phi) is 2.24. The first-order valence-electron chi connectivity index (χ1n) is 6.44. The van der Waals surface area contributed by atoms with E-state index in [0.717, 1.165) is 11.0 Å². The predicted octanol–water partition coefficient (Wildman–Crippen LogP) is 0.662. The van der Waals surface area contributed by atoms with Crippen LogP contribution in [0.15, 0.2) is 29.4 Å². The quantitative estimate of drug-likeness (QED) is 0.543. The zero-order chi connectivity index (χ0) is 14.8. The van der Waals surface area contributed by atoms with Gasteiger partial charge in [-0.3, -0.25) is 0 Å².